The van der Waals surface area contributed by atoms with Crippen LogP contribution >= 0.6 is 27.5 Å². The fourth-order valence-electron chi connectivity index (χ4n) is 5.14. The van der Waals surface area contributed by atoms with E-state index in [-0.39, 0.29) is 5.91 Å². The molecule has 2 fully saturated rings. The quantitative estimate of drug-likeness (QED) is 0.505. The van der Waals surface area contributed by atoms with E-state index in [2.05, 4.69) is 44.8 Å². The van der Waals surface area contributed by atoms with Crippen LogP contribution in [0.5, 0.6) is 0 Å². The molecule has 5 heteroatoms. The minimum Gasteiger partial charge on any atom is -0.340 e. The molecular formula is C23H34BrClN2O. The Morgan fingerprint density at radius 3 is 2.64 bits per heavy atom. The van der Waals surface area contributed by atoms with Gasteiger partial charge in [-0.05, 0) is 101 Å². The van der Waals surface area contributed by atoms with Crippen LogP contribution in [0.25, 0.3) is 0 Å². The Hall–Kier alpha value is -0.580. The fourth-order valence-corrected chi connectivity index (χ4v) is 5.74. The number of carbonyl (C=O) groups is 1. The topological polar surface area (TPSA) is 23.6 Å². The van der Waals surface area contributed by atoms with Gasteiger partial charge in [-0.3, -0.25) is 4.79 Å². The highest BCUT2D eigenvalue weighted by atomic mass is 79.9. The number of benzene rings is 1. The Morgan fingerprint density at radius 2 is 1.96 bits per heavy atom. The molecule has 0 spiro atoms. The monoisotopic (exact) mass is 468 g/mol. The summed E-state index contributed by atoms with van der Waals surface area (Å²) in [5.41, 5.74) is 1.34. The summed E-state index contributed by atoms with van der Waals surface area (Å²) in [6.45, 7) is 8.32. The zero-order valence-corrected chi connectivity index (χ0v) is 19.6. The van der Waals surface area contributed by atoms with Gasteiger partial charge in [-0.25, -0.2) is 0 Å². The van der Waals surface area contributed by atoms with Gasteiger partial charge in [-0.2, -0.15) is 0 Å². The van der Waals surface area contributed by atoms with Crippen molar-refractivity contribution in [2.75, 3.05) is 26.2 Å². The number of rotatable bonds is 7. The van der Waals surface area contributed by atoms with Crippen LogP contribution in [0.2, 0.25) is 5.02 Å². The average Bonchev–Trinajstić information content (AvgIpc) is 3.12. The number of hydrogen-bond acceptors (Lipinski definition) is 2. The summed E-state index contributed by atoms with van der Waals surface area (Å²) in [6, 6.07) is 6.59. The number of nitrogens with zero attached hydrogens (tertiary/aromatic N) is 2. The van der Waals surface area contributed by atoms with Gasteiger partial charge in [0.1, 0.15) is 0 Å². The standard InChI is InChI=1S/C23H34BrClN2O/c1-3-27(17(2)28)22-7-4-18(5-8-22)10-12-26-13-11-19(16-26)14-20-15-21(25)6-9-23(20)24/h6,9,15,18-19,22H,3-5,7-8,10-14,16H2,1-2H3. The van der Waals surface area contributed by atoms with Crippen LogP contribution in [0, 0.1) is 11.8 Å². The number of hydrogen-bond donors (Lipinski definition) is 0. The van der Waals surface area contributed by atoms with Crippen molar-refractivity contribution in [3.8, 4) is 0 Å². The first-order valence-electron chi connectivity index (χ1n) is 10.9. The van der Waals surface area contributed by atoms with Crippen LogP contribution in [-0.4, -0.2) is 47.9 Å². The molecule has 28 heavy (non-hydrogen) atoms. The van der Waals surface area contributed by atoms with E-state index in [1.165, 1.54) is 68.2 Å². The van der Waals surface area contributed by atoms with E-state index in [1.807, 2.05) is 6.07 Å². The second-order valence-electron chi connectivity index (χ2n) is 8.66. The zero-order chi connectivity index (χ0) is 20.1. The predicted molar refractivity (Wildman–Crippen MR) is 121 cm³/mol. The SMILES string of the molecule is CCN(C(C)=O)C1CCC(CCN2CCC(Cc3cc(Cl)ccc3Br)C2)CC1. The Balaban J connectivity index is 1.39. The summed E-state index contributed by atoms with van der Waals surface area (Å²) in [5.74, 6) is 1.81. The third kappa shape index (κ3) is 5.96. The first-order chi connectivity index (χ1) is 13.5. The summed E-state index contributed by atoms with van der Waals surface area (Å²) in [6.07, 6.45) is 8.64. The number of halogens is 2. The van der Waals surface area contributed by atoms with E-state index in [1.54, 1.807) is 6.92 Å². The minimum atomic E-state index is 0.236. The molecule has 0 radical (unpaired) electrons. The molecule has 1 saturated carbocycles. The molecule has 0 aromatic heterocycles. The van der Waals surface area contributed by atoms with Gasteiger partial charge in [0.05, 0.1) is 0 Å². The lowest BCUT2D eigenvalue weighted by molar-refractivity contribution is -0.131. The summed E-state index contributed by atoms with van der Waals surface area (Å²) in [7, 11) is 0. The van der Waals surface area contributed by atoms with Gasteiger partial charge in [0.15, 0.2) is 0 Å². The number of carbonyl (C=O) groups excluding carboxylic acids is 1. The zero-order valence-electron chi connectivity index (χ0n) is 17.3. The minimum absolute atomic E-state index is 0.236. The van der Waals surface area contributed by atoms with Crippen molar-refractivity contribution >= 4 is 33.4 Å². The van der Waals surface area contributed by atoms with Crippen molar-refractivity contribution in [1.82, 2.24) is 9.80 Å². The van der Waals surface area contributed by atoms with E-state index in [4.69, 9.17) is 11.6 Å². The third-order valence-corrected chi connectivity index (χ3v) is 7.75. The molecule has 3 nitrogen and oxygen atoms in total. The lowest BCUT2D eigenvalue weighted by Gasteiger charge is -2.36. The van der Waals surface area contributed by atoms with E-state index in [0.717, 1.165) is 29.8 Å². The van der Waals surface area contributed by atoms with Gasteiger partial charge in [-0.1, -0.05) is 27.5 Å². The van der Waals surface area contributed by atoms with Crippen LogP contribution in [0.3, 0.4) is 0 Å². The van der Waals surface area contributed by atoms with Gasteiger partial charge >= 0.3 is 0 Å². The predicted octanol–water partition coefficient (Wildman–Crippen LogP) is 5.78. The Bertz CT molecular complexity index is 660. The maximum Gasteiger partial charge on any atom is 0.219 e. The molecule has 1 saturated heterocycles. The van der Waals surface area contributed by atoms with Crippen molar-refractivity contribution in [2.24, 2.45) is 11.8 Å². The van der Waals surface area contributed by atoms with Gasteiger partial charge in [0, 0.05) is 35.6 Å². The molecule has 1 atom stereocenters. The molecule has 1 aliphatic carbocycles. The molecule has 156 valence electrons. The van der Waals surface area contributed by atoms with Crippen molar-refractivity contribution in [3.05, 3.63) is 33.3 Å². The summed E-state index contributed by atoms with van der Waals surface area (Å²) in [5, 5.41) is 0.829. The largest absolute Gasteiger partial charge is 0.340 e. The first-order valence-corrected chi connectivity index (χ1v) is 12.1. The fraction of sp³-hybridized carbons (Fsp3) is 0.696. The molecule has 1 amide bonds. The van der Waals surface area contributed by atoms with Crippen LogP contribution in [0.15, 0.2) is 22.7 Å². The number of likely N-dealkylation sites (tertiary alicyclic amines) is 1. The molecule has 2 aliphatic rings. The highest BCUT2D eigenvalue weighted by Crippen LogP contribution is 2.31. The van der Waals surface area contributed by atoms with Crippen LogP contribution in [0.4, 0.5) is 0 Å². The first kappa shape index (κ1) is 22.1. The van der Waals surface area contributed by atoms with Crippen molar-refractivity contribution in [1.29, 1.82) is 0 Å². The molecule has 3 rings (SSSR count). The highest BCUT2D eigenvalue weighted by Gasteiger charge is 2.28. The lowest BCUT2D eigenvalue weighted by atomic mass is 9.83. The number of amides is 1. The molecule has 0 bridgehead atoms. The maximum absolute atomic E-state index is 11.8. The molecule has 1 aromatic rings. The molecular weight excluding hydrogens is 436 g/mol. The molecule has 1 aromatic carbocycles. The van der Waals surface area contributed by atoms with Crippen molar-refractivity contribution < 1.29 is 4.79 Å². The van der Waals surface area contributed by atoms with Gasteiger partial charge in [-0.15, -0.1) is 0 Å². The molecule has 1 unspecified atom stereocenters. The normalized spacial score (nSPS) is 25.8. The van der Waals surface area contributed by atoms with Crippen LogP contribution < -0.4 is 0 Å². The van der Waals surface area contributed by atoms with E-state index < -0.39 is 0 Å². The Labute approximate surface area is 183 Å². The Kier molecular flexibility index (Phi) is 8.25. The van der Waals surface area contributed by atoms with Crippen molar-refractivity contribution in [3.63, 3.8) is 0 Å². The molecule has 1 aliphatic heterocycles. The smallest absolute Gasteiger partial charge is 0.219 e. The van der Waals surface area contributed by atoms with Crippen LogP contribution in [0.1, 0.15) is 57.9 Å². The van der Waals surface area contributed by atoms with Gasteiger partial charge < -0.3 is 9.80 Å². The molecule has 1 heterocycles. The van der Waals surface area contributed by atoms with Crippen LogP contribution in [-0.2, 0) is 11.2 Å². The van der Waals surface area contributed by atoms with Crippen molar-refractivity contribution in [2.45, 2.75) is 64.8 Å². The Morgan fingerprint density at radius 1 is 1.21 bits per heavy atom. The summed E-state index contributed by atoms with van der Waals surface area (Å²) in [4.78, 5) is 16.5. The average molecular weight is 470 g/mol. The van der Waals surface area contributed by atoms with Gasteiger partial charge in [0.25, 0.3) is 0 Å². The second-order valence-corrected chi connectivity index (χ2v) is 9.95. The van der Waals surface area contributed by atoms with E-state index >= 15 is 0 Å². The molecule has 0 N–H and O–H groups in total. The summed E-state index contributed by atoms with van der Waals surface area (Å²) >= 11 is 9.84. The van der Waals surface area contributed by atoms with E-state index in [0.29, 0.717) is 6.04 Å². The van der Waals surface area contributed by atoms with E-state index in [9.17, 15) is 4.79 Å². The maximum atomic E-state index is 11.8. The highest BCUT2D eigenvalue weighted by molar-refractivity contribution is 9.10. The second kappa shape index (κ2) is 10.4. The third-order valence-electron chi connectivity index (χ3n) is 6.74. The lowest BCUT2D eigenvalue weighted by Crippen LogP contribution is -2.41. The van der Waals surface area contributed by atoms with Gasteiger partial charge in [0.2, 0.25) is 5.91 Å². The summed E-state index contributed by atoms with van der Waals surface area (Å²) < 4.78 is 1.18.